The second-order valence-electron chi connectivity index (χ2n) is 7.64. The van der Waals surface area contributed by atoms with E-state index in [0.717, 1.165) is 0 Å². The molecule has 0 aromatic heterocycles. The van der Waals surface area contributed by atoms with Gasteiger partial charge in [-0.05, 0) is 40.0 Å². The number of aliphatic hydroxyl groups excluding tert-OH is 3. The van der Waals surface area contributed by atoms with E-state index in [4.69, 9.17) is 9.47 Å². The molecule has 1 amide bonds. The van der Waals surface area contributed by atoms with Gasteiger partial charge in [0.25, 0.3) is 0 Å². The summed E-state index contributed by atoms with van der Waals surface area (Å²) in [5.74, 6) is -2.10. The van der Waals surface area contributed by atoms with Crippen molar-refractivity contribution in [3.05, 3.63) is 0 Å². The third-order valence-electron chi connectivity index (χ3n) is 5.27. The van der Waals surface area contributed by atoms with Crippen LogP contribution in [-0.4, -0.2) is 70.9 Å². The highest BCUT2D eigenvalue weighted by Gasteiger charge is 2.34. The lowest BCUT2D eigenvalue weighted by Crippen LogP contribution is -2.50. The van der Waals surface area contributed by atoms with Crippen LogP contribution in [0.1, 0.15) is 47.0 Å². The Morgan fingerprint density at radius 1 is 1.15 bits per heavy atom. The van der Waals surface area contributed by atoms with E-state index in [1.165, 1.54) is 0 Å². The van der Waals surface area contributed by atoms with Crippen LogP contribution in [0, 0.1) is 11.8 Å². The quantitative estimate of drug-likeness (QED) is 0.475. The van der Waals surface area contributed by atoms with Gasteiger partial charge in [0.15, 0.2) is 0 Å². The van der Waals surface area contributed by atoms with Gasteiger partial charge in [0.05, 0.1) is 23.7 Å². The molecule has 152 valence electrons. The lowest BCUT2D eigenvalue weighted by Gasteiger charge is -2.32. The van der Waals surface area contributed by atoms with Gasteiger partial charge < -0.3 is 30.1 Å². The standard InChI is InChI=1S/C18H33NO7/c1-10-8-18(4,25-5)7-6-13(20)11(2)17(24)26-9-14(21)15(22)12(3)19-16(10)23/h10-15,20-22H,6-9H2,1-5H3,(H,19,23)/t10-,11?,12?,13+,14?,15?,18+/m1/s1. The Morgan fingerprint density at radius 2 is 1.77 bits per heavy atom. The molecule has 1 rings (SSSR count). The van der Waals surface area contributed by atoms with Crippen molar-refractivity contribution < 1.29 is 34.4 Å². The minimum absolute atomic E-state index is 0.271. The molecule has 0 radical (unpaired) electrons. The van der Waals surface area contributed by atoms with Gasteiger partial charge in [-0.15, -0.1) is 0 Å². The third kappa shape index (κ3) is 6.19. The molecule has 0 aromatic rings. The minimum atomic E-state index is -1.34. The Labute approximate surface area is 154 Å². The third-order valence-corrected chi connectivity index (χ3v) is 5.27. The zero-order valence-corrected chi connectivity index (χ0v) is 16.3. The SMILES string of the molecule is CO[C@@]1(C)CC[C@H](O)C(C)C(=O)OCC(O)C(O)C(C)NC(=O)[C@H](C)C1. The van der Waals surface area contributed by atoms with Crippen LogP contribution in [0.15, 0.2) is 0 Å². The van der Waals surface area contributed by atoms with Crippen molar-refractivity contribution in [1.82, 2.24) is 5.32 Å². The van der Waals surface area contributed by atoms with Crippen LogP contribution in [0.4, 0.5) is 0 Å². The minimum Gasteiger partial charge on any atom is -0.463 e. The van der Waals surface area contributed by atoms with E-state index >= 15 is 0 Å². The normalized spacial score (nSPS) is 41.5. The molecule has 7 atom stereocenters. The van der Waals surface area contributed by atoms with E-state index in [2.05, 4.69) is 5.32 Å². The molecule has 1 aliphatic rings. The molecular formula is C18H33NO7. The fraction of sp³-hybridized carbons (Fsp3) is 0.889. The second kappa shape index (κ2) is 9.64. The maximum atomic E-state index is 12.4. The average Bonchev–Trinajstić information content (AvgIpc) is 2.61. The summed E-state index contributed by atoms with van der Waals surface area (Å²) in [4.78, 5) is 24.4. The molecule has 4 N–H and O–H groups in total. The number of nitrogens with one attached hydrogen (secondary N) is 1. The average molecular weight is 375 g/mol. The van der Waals surface area contributed by atoms with Crippen LogP contribution in [0.25, 0.3) is 0 Å². The molecule has 1 aliphatic heterocycles. The van der Waals surface area contributed by atoms with Gasteiger partial charge in [-0.2, -0.15) is 0 Å². The number of carbonyl (C=O) groups excluding carboxylic acids is 2. The molecule has 8 heteroatoms. The van der Waals surface area contributed by atoms with Crippen LogP contribution >= 0.6 is 0 Å². The van der Waals surface area contributed by atoms with E-state index in [0.29, 0.717) is 19.3 Å². The number of carbonyl (C=O) groups is 2. The number of aliphatic hydroxyl groups is 3. The maximum Gasteiger partial charge on any atom is 0.311 e. The fourth-order valence-electron chi connectivity index (χ4n) is 3.07. The van der Waals surface area contributed by atoms with Crippen molar-refractivity contribution in [1.29, 1.82) is 0 Å². The number of ether oxygens (including phenoxy) is 2. The molecule has 0 spiro atoms. The first-order valence-electron chi connectivity index (χ1n) is 9.07. The van der Waals surface area contributed by atoms with Crippen molar-refractivity contribution in [3.63, 3.8) is 0 Å². The molecule has 4 unspecified atom stereocenters. The maximum absolute atomic E-state index is 12.4. The number of cyclic esters (lactones) is 1. The lowest BCUT2D eigenvalue weighted by molar-refractivity contribution is -0.158. The summed E-state index contributed by atoms with van der Waals surface area (Å²) >= 11 is 0. The van der Waals surface area contributed by atoms with Crippen LogP contribution in [-0.2, 0) is 19.1 Å². The smallest absolute Gasteiger partial charge is 0.311 e. The van der Waals surface area contributed by atoms with Crippen LogP contribution in [0.5, 0.6) is 0 Å². The highest BCUT2D eigenvalue weighted by atomic mass is 16.5. The Bertz CT molecular complexity index is 486. The van der Waals surface area contributed by atoms with Crippen LogP contribution < -0.4 is 5.32 Å². The predicted molar refractivity (Wildman–Crippen MR) is 94.2 cm³/mol. The van der Waals surface area contributed by atoms with E-state index in [-0.39, 0.29) is 5.91 Å². The van der Waals surface area contributed by atoms with Gasteiger partial charge in [0.2, 0.25) is 5.91 Å². The van der Waals surface area contributed by atoms with Gasteiger partial charge in [0.1, 0.15) is 18.8 Å². The summed E-state index contributed by atoms with van der Waals surface area (Å²) in [5, 5.41) is 33.1. The molecular weight excluding hydrogens is 342 g/mol. The zero-order valence-electron chi connectivity index (χ0n) is 16.3. The molecule has 0 aliphatic carbocycles. The van der Waals surface area contributed by atoms with Crippen molar-refractivity contribution in [2.24, 2.45) is 11.8 Å². The van der Waals surface area contributed by atoms with Gasteiger partial charge in [-0.1, -0.05) is 6.92 Å². The van der Waals surface area contributed by atoms with E-state index in [9.17, 15) is 24.9 Å². The van der Waals surface area contributed by atoms with Crippen molar-refractivity contribution in [2.45, 2.75) is 76.9 Å². The van der Waals surface area contributed by atoms with Crippen molar-refractivity contribution in [3.8, 4) is 0 Å². The second-order valence-corrected chi connectivity index (χ2v) is 7.64. The molecule has 0 saturated carbocycles. The Balaban J connectivity index is 3.01. The number of hydrogen-bond donors (Lipinski definition) is 4. The molecule has 1 saturated heterocycles. The number of amides is 1. The number of esters is 1. The molecule has 26 heavy (non-hydrogen) atoms. The summed E-state index contributed by atoms with van der Waals surface area (Å²) in [7, 11) is 1.55. The number of hydrogen-bond acceptors (Lipinski definition) is 7. The Morgan fingerprint density at radius 3 is 2.35 bits per heavy atom. The van der Waals surface area contributed by atoms with Gasteiger partial charge in [-0.3, -0.25) is 9.59 Å². The molecule has 1 fully saturated rings. The molecule has 0 aromatic carbocycles. The topological polar surface area (TPSA) is 125 Å². The summed E-state index contributed by atoms with van der Waals surface area (Å²) in [6.45, 7) is 6.32. The van der Waals surface area contributed by atoms with Gasteiger partial charge in [0, 0.05) is 13.0 Å². The number of rotatable bonds is 1. The van der Waals surface area contributed by atoms with Gasteiger partial charge >= 0.3 is 5.97 Å². The molecule has 0 bridgehead atoms. The largest absolute Gasteiger partial charge is 0.463 e. The van der Waals surface area contributed by atoms with E-state index < -0.39 is 54.4 Å². The fourth-order valence-corrected chi connectivity index (χ4v) is 3.07. The van der Waals surface area contributed by atoms with Crippen LogP contribution in [0.2, 0.25) is 0 Å². The molecule has 1 heterocycles. The molecule has 8 nitrogen and oxygen atoms in total. The van der Waals surface area contributed by atoms with E-state index in [1.807, 2.05) is 6.92 Å². The predicted octanol–water partition coefficient (Wildman–Crippen LogP) is -0.0218. The monoisotopic (exact) mass is 375 g/mol. The first kappa shape index (κ1) is 22.8. The lowest BCUT2D eigenvalue weighted by atomic mass is 9.86. The van der Waals surface area contributed by atoms with Crippen molar-refractivity contribution in [2.75, 3.05) is 13.7 Å². The van der Waals surface area contributed by atoms with Crippen molar-refractivity contribution >= 4 is 11.9 Å². The Hall–Kier alpha value is -1.22. The highest BCUT2D eigenvalue weighted by molar-refractivity contribution is 5.78. The first-order chi connectivity index (χ1) is 12.0. The van der Waals surface area contributed by atoms with Crippen LogP contribution in [0.3, 0.4) is 0 Å². The summed E-state index contributed by atoms with van der Waals surface area (Å²) in [6, 6.07) is -0.722. The summed E-state index contributed by atoms with van der Waals surface area (Å²) < 4.78 is 10.6. The first-order valence-corrected chi connectivity index (χ1v) is 9.07. The zero-order chi connectivity index (χ0) is 20.1. The highest BCUT2D eigenvalue weighted by Crippen LogP contribution is 2.28. The summed E-state index contributed by atoms with van der Waals surface area (Å²) in [5.41, 5.74) is -0.650. The summed E-state index contributed by atoms with van der Waals surface area (Å²) in [6.07, 6.45) is -2.41. The Kier molecular flexibility index (Phi) is 8.46. The number of methoxy groups -OCH3 is 1. The van der Waals surface area contributed by atoms with E-state index in [1.54, 1.807) is 27.9 Å². The van der Waals surface area contributed by atoms with Gasteiger partial charge in [-0.25, -0.2) is 0 Å².